The number of para-hydroxylation sites is 1. The first-order valence-corrected chi connectivity index (χ1v) is 15.2. The van der Waals surface area contributed by atoms with Gasteiger partial charge in [-0.25, -0.2) is 4.68 Å². The smallest absolute Gasteiger partial charge is 0.247 e. The summed E-state index contributed by atoms with van der Waals surface area (Å²) < 4.78 is 12.4. The van der Waals surface area contributed by atoms with Crippen LogP contribution in [0.2, 0.25) is 0 Å². The number of carbonyl (C=O) groups is 2. The zero-order valence-corrected chi connectivity index (χ0v) is 25.0. The number of nitrogens with zero attached hydrogens (tertiary/aromatic N) is 5. The number of hydrogen-bond donors (Lipinski definition) is 1. The third-order valence-electron chi connectivity index (χ3n) is 8.41. The minimum atomic E-state index is -0.691. The molecule has 4 aromatic rings. The molecule has 1 N–H and O–H groups in total. The summed E-state index contributed by atoms with van der Waals surface area (Å²) in [4.78, 5) is 32.5. The van der Waals surface area contributed by atoms with Gasteiger partial charge in [0.2, 0.25) is 11.8 Å². The molecule has 0 bridgehead atoms. The van der Waals surface area contributed by atoms with Gasteiger partial charge < -0.3 is 24.6 Å². The first-order valence-electron chi connectivity index (χ1n) is 15.2. The van der Waals surface area contributed by atoms with Crippen molar-refractivity contribution in [2.45, 2.75) is 38.4 Å². The lowest BCUT2D eigenvalue weighted by molar-refractivity contribution is -0.142. The van der Waals surface area contributed by atoms with Crippen molar-refractivity contribution < 1.29 is 19.1 Å². The lowest BCUT2D eigenvalue weighted by Gasteiger charge is -2.37. The van der Waals surface area contributed by atoms with Crippen LogP contribution >= 0.6 is 0 Å². The van der Waals surface area contributed by atoms with Crippen LogP contribution in [-0.4, -0.2) is 71.2 Å². The second-order valence-electron chi connectivity index (χ2n) is 11.2. The van der Waals surface area contributed by atoms with Gasteiger partial charge in [-0.3, -0.25) is 9.59 Å². The minimum Gasteiger partial charge on any atom is -0.497 e. The Morgan fingerprint density at radius 3 is 2.52 bits per heavy atom. The van der Waals surface area contributed by atoms with Crippen molar-refractivity contribution in [1.29, 1.82) is 0 Å². The summed E-state index contributed by atoms with van der Waals surface area (Å²) in [6.07, 6.45) is 6.65. The monoisotopic (exact) mass is 594 g/mol. The molecule has 0 saturated carbocycles. The Balaban J connectivity index is 1.29. The number of rotatable bonds is 10. The van der Waals surface area contributed by atoms with Crippen molar-refractivity contribution in [3.05, 3.63) is 90.5 Å². The van der Waals surface area contributed by atoms with E-state index in [1.807, 2.05) is 72.8 Å². The maximum atomic E-state index is 14.2. The Hall–Kier alpha value is -4.70. The highest BCUT2D eigenvalue weighted by Crippen LogP contribution is 2.29. The van der Waals surface area contributed by atoms with E-state index < -0.39 is 6.04 Å². The summed E-state index contributed by atoms with van der Waals surface area (Å²) in [7, 11) is 1.62. The van der Waals surface area contributed by atoms with Gasteiger partial charge in [-0.2, -0.15) is 0 Å². The molecule has 1 aromatic heterocycles. The molecule has 0 unspecified atom stereocenters. The van der Waals surface area contributed by atoms with Gasteiger partial charge in [0.15, 0.2) is 0 Å². The number of aromatic nitrogens is 3. The Bertz CT molecular complexity index is 1590. The fourth-order valence-corrected chi connectivity index (χ4v) is 6.03. The molecular formula is C34H38N6O4. The molecule has 3 aromatic carbocycles. The molecule has 228 valence electrons. The van der Waals surface area contributed by atoms with E-state index in [0.29, 0.717) is 30.8 Å². The first-order chi connectivity index (χ1) is 21.6. The van der Waals surface area contributed by atoms with Crippen LogP contribution in [0.3, 0.4) is 0 Å². The highest BCUT2D eigenvalue weighted by Gasteiger charge is 2.37. The van der Waals surface area contributed by atoms with E-state index in [4.69, 9.17) is 9.47 Å². The number of methoxy groups -OCH3 is 1. The van der Waals surface area contributed by atoms with Gasteiger partial charge in [-0.1, -0.05) is 41.6 Å². The molecule has 2 atom stereocenters. The van der Waals surface area contributed by atoms with E-state index in [0.717, 1.165) is 48.4 Å². The van der Waals surface area contributed by atoms with Gasteiger partial charge in [-0.15, -0.1) is 5.10 Å². The number of nitrogens with one attached hydrogen (secondary N) is 1. The Morgan fingerprint density at radius 1 is 1.02 bits per heavy atom. The maximum absolute atomic E-state index is 14.2. The number of amides is 2. The fourth-order valence-electron chi connectivity index (χ4n) is 6.03. The SMILES string of the molecule is COc1ccc(CN(C(=O)Cn2nnc3ccccc32)[C@H](C(=O)Nc2ccc(N3CCOCC3)cc2)[C@@H]2CC=CCC2)cc1. The van der Waals surface area contributed by atoms with E-state index in [1.165, 1.54) is 0 Å². The van der Waals surface area contributed by atoms with Crippen molar-refractivity contribution in [1.82, 2.24) is 19.9 Å². The molecule has 0 spiro atoms. The number of ether oxygens (including phenoxy) is 2. The zero-order valence-electron chi connectivity index (χ0n) is 25.0. The van der Waals surface area contributed by atoms with Gasteiger partial charge in [-0.05, 0) is 79.3 Å². The van der Waals surface area contributed by atoms with Crippen LogP contribution in [0.25, 0.3) is 11.0 Å². The fraction of sp³-hybridized carbons (Fsp3) is 0.353. The molecule has 1 saturated heterocycles. The molecule has 1 aliphatic carbocycles. The van der Waals surface area contributed by atoms with Gasteiger partial charge in [0, 0.05) is 31.0 Å². The van der Waals surface area contributed by atoms with Crippen molar-refractivity contribution in [2.24, 2.45) is 5.92 Å². The molecule has 44 heavy (non-hydrogen) atoms. The summed E-state index contributed by atoms with van der Waals surface area (Å²) in [5, 5.41) is 11.6. The summed E-state index contributed by atoms with van der Waals surface area (Å²) in [5.74, 6) is 0.291. The van der Waals surface area contributed by atoms with E-state index >= 15 is 0 Å². The van der Waals surface area contributed by atoms with Gasteiger partial charge in [0.1, 0.15) is 23.9 Å². The molecule has 2 aliphatic rings. The van der Waals surface area contributed by atoms with E-state index in [-0.39, 0.29) is 30.8 Å². The number of carbonyl (C=O) groups excluding carboxylic acids is 2. The predicted octanol–water partition coefficient (Wildman–Crippen LogP) is 4.67. The molecule has 2 heterocycles. The second kappa shape index (κ2) is 13.7. The van der Waals surface area contributed by atoms with E-state index in [1.54, 1.807) is 16.7 Å². The standard InChI is InChI=1S/C34H38N6O4/c1-43-29-17-11-25(12-18-29)23-39(32(41)24-40-31-10-6-5-9-30(31)36-37-40)33(26-7-3-2-4-8-26)34(42)35-27-13-15-28(16-14-27)38-19-21-44-22-20-38/h2-3,5-6,9-18,26,33H,4,7-8,19-24H2,1H3,(H,35,42)/t26-,33+/m1/s1. The Morgan fingerprint density at radius 2 is 1.80 bits per heavy atom. The number of anilines is 2. The highest BCUT2D eigenvalue weighted by atomic mass is 16.5. The number of benzene rings is 3. The maximum Gasteiger partial charge on any atom is 0.247 e. The number of morpholine rings is 1. The molecule has 1 fully saturated rings. The van der Waals surface area contributed by atoms with Crippen LogP contribution in [0, 0.1) is 5.92 Å². The topological polar surface area (TPSA) is 102 Å². The molecule has 6 rings (SSSR count). The third kappa shape index (κ3) is 6.75. The summed E-state index contributed by atoms with van der Waals surface area (Å²) >= 11 is 0. The number of fused-ring (bicyclic) bond motifs is 1. The quantitative estimate of drug-likeness (QED) is 0.266. The number of hydrogen-bond acceptors (Lipinski definition) is 7. The molecule has 1 aliphatic heterocycles. The van der Waals surface area contributed by atoms with Crippen molar-refractivity contribution in [3.8, 4) is 5.75 Å². The lowest BCUT2D eigenvalue weighted by atomic mass is 9.85. The first kappa shape index (κ1) is 29.4. The van der Waals surface area contributed by atoms with Crippen molar-refractivity contribution in [2.75, 3.05) is 43.6 Å². The van der Waals surface area contributed by atoms with Crippen LogP contribution in [0.5, 0.6) is 5.75 Å². The minimum absolute atomic E-state index is 0.0305. The zero-order chi connectivity index (χ0) is 30.3. The largest absolute Gasteiger partial charge is 0.497 e. The second-order valence-corrected chi connectivity index (χ2v) is 11.2. The van der Waals surface area contributed by atoms with Crippen LogP contribution < -0.4 is 15.0 Å². The molecule has 2 amide bonds. The highest BCUT2D eigenvalue weighted by molar-refractivity contribution is 5.97. The molecule has 0 radical (unpaired) electrons. The van der Waals surface area contributed by atoms with Gasteiger partial charge in [0.05, 0.1) is 25.8 Å². The summed E-state index contributed by atoms with van der Waals surface area (Å²) in [6.45, 7) is 3.33. The van der Waals surface area contributed by atoms with E-state index in [9.17, 15) is 9.59 Å². The van der Waals surface area contributed by atoms with Crippen molar-refractivity contribution >= 4 is 34.2 Å². The molecule has 10 heteroatoms. The summed E-state index contributed by atoms with van der Waals surface area (Å²) in [6, 6.07) is 22.4. The van der Waals surface area contributed by atoms with Crippen molar-refractivity contribution in [3.63, 3.8) is 0 Å². The predicted molar refractivity (Wildman–Crippen MR) is 169 cm³/mol. The Labute approximate surface area is 257 Å². The van der Waals surface area contributed by atoms with Crippen LogP contribution in [-0.2, 0) is 27.4 Å². The molecular weight excluding hydrogens is 556 g/mol. The lowest BCUT2D eigenvalue weighted by Crippen LogP contribution is -2.52. The normalized spacial score (nSPS) is 17.3. The average Bonchev–Trinajstić information content (AvgIpc) is 3.48. The average molecular weight is 595 g/mol. The third-order valence-corrected chi connectivity index (χ3v) is 8.41. The van der Waals surface area contributed by atoms with Gasteiger partial charge in [0.25, 0.3) is 0 Å². The Kier molecular flexibility index (Phi) is 9.17. The van der Waals surface area contributed by atoms with Crippen LogP contribution in [0.1, 0.15) is 24.8 Å². The number of allylic oxidation sites excluding steroid dienone is 2. The van der Waals surface area contributed by atoms with Crippen LogP contribution in [0.4, 0.5) is 11.4 Å². The molecule has 10 nitrogen and oxygen atoms in total. The summed E-state index contributed by atoms with van der Waals surface area (Å²) in [5.41, 5.74) is 4.18. The van der Waals surface area contributed by atoms with Gasteiger partial charge >= 0.3 is 0 Å². The van der Waals surface area contributed by atoms with Crippen LogP contribution in [0.15, 0.2) is 84.9 Å². The van der Waals surface area contributed by atoms with E-state index in [2.05, 4.69) is 32.7 Å².